The van der Waals surface area contributed by atoms with Gasteiger partial charge in [0.2, 0.25) is 5.91 Å². The van der Waals surface area contributed by atoms with Crippen molar-refractivity contribution in [2.75, 3.05) is 32.8 Å². The van der Waals surface area contributed by atoms with Crippen LogP contribution in [0.5, 0.6) is 5.75 Å². The Bertz CT molecular complexity index is 1090. The van der Waals surface area contributed by atoms with E-state index < -0.39 is 0 Å². The zero-order valence-electron chi connectivity index (χ0n) is 18.3. The van der Waals surface area contributed by atoms with E-state index >= 15 is 0 Å². The van der Waals surface area contributed by atoms with Crippen LogP contribution in [0.3, 0.4) is 0 Å². The fourth-order valence-electron chi connectivity index (χ4n) is 3.83. The average Bonchev–Trinajstić information content (AvgIpc) is 2.82. The van der Waals surface area contributed by atoms with Gasteiger partial charge in [-0.2, -0.15) is 5.10 Å². The van der Waals surface area contributed by atoms with E-state index in [1.165, 1.54) is 16.3 Å². The summed E-state index contributed by atoms with van der Waals surface area (Å²) < 4.78 is 6.73. The van der Waals surface area contributed by atoms with Crippen LogP contribution >= 0.6 is 0 Å². The zero-order chi connectivity index (χ0) is 22.3. The predicted octanol–water partition coefficient (Wildman–Crippen LogP) is 2.65. The molecule has 3 aromatic rings. The van der Waals surface area contributed by atoms with Gasteiger partial charge in [0, 0.05) is 44.4 Å². The highest BCUT2D eigenvalue weighted by Gasteiger charge is 2.22. The molecule has 166 valence electrons. The Morgan fingerprint density at radius 3 is 2.34 bits per heavy atom. The van der Waals surface area contributed by atoms with E-state index in [-0.39, 0.29) is 18.0 Å². The lowest BCUT2D eigenvalue weighted by molar-refractivity contribution is -0.133. The number of rotatable bonds is 7. The average molecular weight is 433 g/mol. The highest BCUT2D eigenvalue weighted by Crippen LogP contribution is 2.20. The first-order valence-electron chi connectivity index (χ1n) is 11.0. The van der Waals surface area contributed by atoms with E-state index in [1.807, 2.05) is 54.3 Å². The molecule has 32 heavy (non-hydrogen) atoms. The van der Waals surface area contributed by atoms with Gasteiger partial charge in [0.05, 0.1) is 12.3 Å². The summed E-state index contributed by atoms with van der Waals surface area (Å²) in [5.41, 5.74) is 2.50. The molecule has 4 rings (SSSR count). The van der Waals surface area contributed by atoms with Crippen molar-refractivity contribution in [2.45, 2.75) is 20.0 Å². The number of benzene rings is 2. The van der Waals surface area contributed by atoms with E-state index in [0.717, 1.165) is 30.9 Å². The molecule has 1 aromatic heterocycles. The number of piperazine rings is 1. The third-order valence-electron chi connectivity index (χ3n) is 5.59. The van der Waals surface area contributed by atoms with Crippen LogP contribution in [0.25, 0.3) is 11.3 Å². The van der Waals surface area contributed by atoms with Crippen molar-refractivity contribution < 1.29 is 9.53 Å². The molecular weight excluding hydrogens is 404 g/mol. The molecule has 0 spiro atoms. The maximum Gasteiger partial charge on any atom is 0.267 e. The number of aromatic nitrogens is 2. The van der Waals surface area contributed by atoms with Crippen LogP contribution in [-0.4, -0.2) is 58.3 Å². The standard InChI is InChI=1S/C25H28N4O3/c1-2-32-22-10-8-21(9-11-22)23-12-13-24(30)29(26-23)19-25(31)28-16-14-27(15-17-28)18-20-6-4-3-5-7-20/h3-13H,2,14-19H2,1H3. The minimum atomic E-state index is -0.282. The van der Waals surface area contributed by atoms with Crippen LogP contribution in [0.15, 0.2) is 71.5 Å². The second-order valence-corrected chi connectivity index (χ2v) is 7.81. The molecule has 1 amide bonds. The molecule has 1 saturated heterocycles. The number of amides is 1. The monoisotopic (exact) mass is 432 g/mol. The summed E-state index contributed by atoms with van der Waals surface area (Å²) in [6.07, 6.45) is 0. The Kier molecular flexibility index (Phi) is 6.97. The van der Waals surface area contributed by atoms with Gasteiger partial charge >= 0.3 is 0 Å². The van der Waals surface area contributed by atoms with E-state index in [1.54, 1.807) is 6.07 Å². The SMILES string of the molecule is CCOc1ccc(-c2ccc(=O)n(CC(=O)N3CCN(Cc4ccccc4)CC3)n2)cc1. The first kappa shape index (κ1) is 21.8. The largest absolute Gasteiger partial charge is 0.494 e. The van der Waals surface area contributed by atoms with Crippen LogP contribution in [0.1, 0.15) is 12.5 Å². The Morgan fingerprint density at radius 2 is 1.66 bits per heavy atom. The smallest absolute Gasteiger partial charge is 0.267 e. The third kappa shape index (κ3) is 5.42. The number of carbonyl (C=O) groups is 1. The molecule has 2 heterocycles. The molecule has 7 nitrogen and oxygen atoms in total. The number of ether oxygens (including phenoxy) is 1. The summed E-state index contributed by atoms with van der Waals surface area (Å²) in [6.45, 7) is 6.30. The van der Waals surface area contributed by atoms with Gasteiger partial charge in [0.1, 0.15) is 12.3 Å². The van der Waals surface area contributed by atoms with Crippen LogP contribution < -0.4 is 10.3 Å². The van der Waals surface area contributed by atoms with Crippen molar-refractivity contribution >= 4 is 5.91 Å². The number of carbonyl (C=O) groups excluding carboxylic acids is 1. The van der Waals surface area contributed by atoms with Crippen LogP contribution in [0.4, 0.5) is 0 Å². The van der Waals surface area contributed by atoms with E-state index in [2.05, 4.69) is 22.1 Å². The molecule has 7 heteroatoms. The summed E-state index contributed by atoms with van der Waals surface area (Å²) in [4.78, 5) is 29.3. The Morgan fingerprint density at radius 1 is 0.938 bits per heavy atom. The summed E-state index contributed by atoms with van der Waals surface area (Å²) >= 11 is 0. The summed E-state index contributed by atoms with van der Waals surface area (Å²) in [6, 6.07) is 21.0. The first-order chi connectivity index (χ1) is 15.6. The quantitative estimate of drug-likeness (QED) is 0.574. The number of hydrogen-bond donors (Lipinski definition) is 0. The lowest BCUT2D eigenvalue weighted by Crippen LogP contribution is -2.49. The van der Waals surface area contributed by atoms with Crippen molar-refractivity contribution in [1.82, 2.24) is 19.6 Å². The maximum atomic E-state index is 12.8. The molecule has 0 aliphatic carbocycles. The lowest BCUT2D eigenvalue weighted by Gasteiger charge is -2.34. The highest BCUT2D eigenvalue weighted by molar-refractivity contribution is 5.76. The molecule has 2 aromatic carbocycles. The molecule has 1 fully saturated rings. The lowest BCUT2D eigenvalue weighted by atomic mass is 10.1. The van der Waals surface area contributed by atoms with E-state index in [0.29, 0.717) is 25.4 Å². The Labute approximate surface area is 187 Å². The van der Waals surface area contributed by atoms with Crippen molar-refractivity contribution in [2.24, 2.45) is 0 Å². The molecule has 1 aliphatic heterocycles. The molecular formula is C25H28N4O3. The normalized spacial score (nSPS) is 14.3. The molecule has 0 N–H and O–H groups in total. The first-order valence-corrected chi connectivity index (χ1v) is 11.0. The van der Waals surface area contributed by atoms with E-state index in [9.17, 15) is 9.59 Å². The van der Waals surface area contributed by atoms with Crippen molar-refractivity contribution in [3.63, 3.8) is 0 Å². The third-order valence-corrected chi connectivity index (χ3v) is 5.59. The molecule has 1 aliphatic rings. The Balaban J connectivity index is 1.37. The summed E-state index contributed by atoms with van der Waals surface area (Å²) in [7, 11) is 0. The van der Waals surface area contributed by atoms with Crippen LogP contribution in [-0.2, 0) is 17.9 Å². The van der Waals surface area contributed by atoms with Gasteiger partial charge in [-0.1, -0.05) is 30.3 Å². The van der Waals surface area contributed by atoms with Crippen molar-refractivity contribution in [3.05, 3.63) is 82.6 Å². The van der Waals surface area contributed by atoms with Gasteiger partial charge < -0.3 is 9.64 Å². The fraction of sp³-hybridized carbons (Fsp3) is 0.320. The maximum absolute atomic E-state index is 12.8. The Hall–Kier alpha value is -3.45. The van der Waals surface area contributed by atoms with Crippen LogP contribution in [0.2, 0.25) is 0 Å². The number of hydrogen-bond acceptors (Lipinski definition) is 5. The molecule has 0 saturated carbocycles. The highest BCUT2D eigenvalue weighted by atomic mass is 16.5. The molecule has 0 radical (unpaired) electrons. The fourth-order valence-corrected chi connectivity index (χ4v) is 3.83. The van der Waals surface area contributed by atoms with Gasteiger partial charge in [-0.3, -0.25) is 14.5 Å². The van der Waals surface area contributed by atoms with Gasteiger partial charge in [-0.15, -0.1) is 0 Å². The van der Waals surface area contributed by atoms with Crippen molar-refractivity contribution in [3.8, 4) is 17.0 Å². The van der Waals surface area contributed by atoms with Gasteiger partial charge in [0.15, 0.2) is 0 Å². The number of nitrogens with zero attached hydrogens (tertiary/aromatic N) is 4. The second-order valence-electron chi connectivity index (χ2n) is 7.81. The van der Waals surface area contributed by atoms with Crippen molar-refractivity contribution in [1.29, 1.82) is 0 Å². The molecule has 0 unspecified atom stereocenters. The summed E-state index contributed by atoms with van der Waals surface area (Å²) in [5, 5.41) is 4.43. The minimum Gasteiger partial charge on any atom is -0.494 e. The summed E-state index contributed by atoms with van der Waals surface area (Å²) in [5.74, 6) is 0.703. The second kappa shape index (κ2) is 10.2. The zero-order valence-corrected chi connectivity index (χ0v) is 18.3. The van der Waals surface area contributed by atoms with E-state index in [4.69, 9.17) is 4.74 Å². The topological polar surface area (TPSA) is 67.7 Å². The van der Waals surface area contributed by atoms with Gasteiger partial charge in [-0.05, 0) is 42.8 Å². The molecule has 0 atom stereocenters. The molecule has 0 bridgehead atoms. The predicted molar refractivity (Wildman–Crippen MR) is 123 cm³/mol. The van der Waals surface area contributed by atoms with Gasteiger partial charge in [-0.25, -0.2) is 4.68 Å². The van der Waals surface area contributed by atoms with Crippen LogP contribution in [0, 0.1) is 0 Å². The van der Waals surface area contributed by atoms with Gasteiger partial charge in [0.25, 0.3) is 5.56 Å². The minimum absolute atomic E-state index is 0.0532.